The van der Waals surface area contributed by atoms with Gasteiger partial charge in [-0.15, -0.1) is 0 Å². The predicted octanol–water partition coefficient (Wildman–Crippen LogP) is 11.5. The van der Waals surface area contributed by atoms with E-state index in [-0.39, 0.29) is 32.6 Å². The third-order valence-electron chi connectivity index (χ3n) is 8.08. The standard InChI is InChI=1S/C43H74NO8P/c1-3-5-7-9-11-13-15-17-19-20-22-24-26-28-30-32-34-36-43(46)52-41(40-51-53(47,48)50-38-37-44)39-49-42(45)35-33-31-29-27-25-23-21-18-16-14-12-10-8-6-4-2/h5,7,11,13-14,16-17,19,22,24,28,30,41H,3-4,6,8-10,12,15,18,20-21,23,25-27,29,31-40,44H2,1-2H3,(H,47,48)/t41-/m1/s1. The summed E-state index contributed by atoms with van der Waals surface area (Å²) in [6, 6.07) is 0. The van der Waals surface area contributed by atoms with Crippen molar-refractivity contribution in [2.75, 3.05) is 26.4 Å². The Balaban J connectivity index is 4.31. The smallest absolute Gasteiger partial charge is 0.462 e. The molecule has 0 aliphatic heterocycles. The molecule has 0 saturated heterocycles. The molecule has 53 heavy (non-hydrogen) atoms. The molecule has 0 spiro atoms. The summed E-state index contributed by atoms with van der Waals surface area (Å²) in [6.07, 6.45) is 46.5. The molecule has 0 aromatic heterocycles. The van der Waals surface area contributed by atoms with Crippen LogP contribution in [0.3, 0.4) is 0 Å². The zero-order valence-corrected chi connectivity index (χ0v) is 34.1. The van der Waals surface area contributed by atoms with E-state index in [9.17, 15) is 19.0 Å². The van der Waals surface area contributed by atoms with Crippen LogP contribution >= 0.6 is 7.82 Å². The summed E-state index contributed by atoms with van der Waals surface area (Å²) >= 11 is 0. The molecule has 304 valence electrons. The molecule has 0 rings (SSSR count). The van der Waals surface area contributed by atoms with Crippen molar-refractivity contribution in [2.24, 2.45) is 5.73 Å². The number of allylic oxidation sites excluding steroid dienone is 12. The van der Waals surface area contributed by atoms with Gasteiger partial charge in [0.05, 0.1) is 13.2 Å². The summed E-state index contributed by atoms with van der Waals surface area (Å²) < 4.78 is 32.6. The molecule has 0 aliphatic rings. The number of unbranched alkanes of at least 4 members (excludes halogenated alkanes) is 12. The Kier molecular flexibility index (Phi) is 37.3. The first kappa shape index (κ1) is 50.5. The summed E-state index contributed by atoms with van der Waals surface area (Å²) in [4.78, 5) is 34.8. The van der Waals surface area contributed by atoms with E-state index in [1.54, 1.807) is 0 Å². The van der Waals surface area contributed by atoms with E-state index in [0.29, 0.717) is 12.8 Å². The summed E-state index contributed by atoms with van der Waals surface area (Å²) in [5.74, 6) is -0.909. The lowest BCUT2D eigenvalue weighted by atomic mass is 10.1. The molecule has 3 N–H and O–H groups in total. The molecule has 0 amide bonds. The second-order valence-electron chi connectivity index (χ2n) is 13.1. The maximum atomic E-state index is 12.5. The monoisotopic (exact) mass is 764 g/mol. The Bertz CT molecular complexity index is 1100. The molecule has 0 radical (unpaired) electrons. The number of carbonyl (C=O) groups is 2. The van der Waals surface area contributed by atoms with Crippen LogP contribution in [0.1, 0.15) is 155 Å². The normalized spacial score (nSPS) is 14.1. The molecule has 0 heterocycles. The van der Waals surface area contributed by atoms with Crippen LogP contribution in [0.5, 0.6) is 0 Å². The topological polar surface area (TPSA) is 134 Å². The number of ether oxygens (including phenoxy) is 2. The third kappa shape index (κ3) is 39.0. The first-order valence-electron chi connectivity index (χ1n) is 20.4. The SMILES string of the molecule is CCC=CCC=CCC=CCC=CCC=CCCCC(=O)O[C@H](COC(=O)CCCCCCCCCC=CCCCCCC)COP(=O)(O)OCCN. The third-order valence-corrected chi connectivity index (χ3v) is 9.06. The largest absolute Gasteiger partial charge is 0.472 e. The Morgan fingerprint density at radius 1 is 0.585 bits per heavy atom. The number of hydrogen-bond acceptors (Lipinski definition) is 8. The van der Waals surface area contributed by atoms with Crippen LogP contribution in [0.15, 0.2) is 72.9 Å². The highest BCUT2D eigenvalue weighted by atomic mass is 31.2. The predicted molar refractivity (Wildman–Crippen MR) is 219 cm³/mol. The van der Waals surface area contributed by atoms with E-state index < -0.39 is 32.5 Å². The number of carbonyl (C=O) groups excluding carboxylic acids is 2. The quantitative estimate of drug-likeness (QED) is 0.0274. The van der Waals surface area contributed by atoms with Crippen molar-refractivity contribution in [1.82, 2.24) is 0 Å². The van der Waals surface area contributed by atoms with Gasteiger partial charge in [0.15, 0.2) is 6.10 Å². The maximum Gasteiger partial charge on any atom is 0.472 e. The molecule has 10 heteroatoms. The van der Waals surface area contributed by atoms with Crippen LogP contribution in [0.4, 0.5) is 0 Å². The minimum absolute atomic E-state index is 0.0404. The van der Waals surface area contributed by atoms with Gasteiger partial charge in [0.2, 0.25) is 0 Å². The molecular weight excluding hydrogens is 689 g/mol. The summed E-state index contributed by atoms with van der Waals surface area (Å²) in [6.45, 7) is 3.51. The van der Waals surface area contributed by atoms with Gasteiger partial charge in [-0.1, -0.05) is 138 Å². The van der Waals surface area contributed by atoms with Gasteiger partial charge in [0.25, 0.3) is 0 Å². The molecule has 2 atom stereocenters. The van der Waals surface area contributed by atoms with E-state index >= 15 is 0 Å². The number of hydrogen-bond donors (Lipinski definition) is 2. The first-order chi connectivity index (χ1) is 25.8. The van der Waals surface area contributed by atoms with Gasteiger partial charge in [0, 0.05) is 19.4 Å². The van der Waals surface area contributed by atoms with E-state index in [2.05, 4.69) is 80.7 Å². The molecule has 0 saturated carbocycles. The molecular formula is C43H74NO8P. The Morgan fingerprint density at radius 2 is 1.06 bits per heavy atom. The van der Waals surface area contributed by atoms with Gasteiger partial charge in [-0.2, -0.15) is 0 Å². The summed E-state index contributed by atoms with van der Waals surface area (Å²) in [5, 5.41) is 0. The van der Waals surface area contributed by atoms with Crippen molar-refractivity contribution in [2.45, 2.75) is 161 Å². The van der Waals surface area contributed by atoms with Gasteiger partial charge in [0.1, 0.15) is 6.61 Å². The molecule has 1 unspecified atom stereocenters. The van der Waals surface area contributed by atoms with Gasteiger partial charge in [-0.25, -0.2) is 4.57 Å². The zero-order chi connectivity index (χ0) is 38.9. The minimum atomic E-state index is -4.39. The Morgan fingerprint density at radius 3 is 1.62 bits per heavy atom. The van der Waals surface area contributed by atoms with Crippen LogP contribution in [-0.4, -0.2) is 49.3 Å². The molecule has 0 aromatic rings. The fourth-order valence-corrected chi connectivity index (χ4v) is 5.84. The van der Waals surface area contributed by atoms with Crippen molar-refractivity contribution < 1.29 is 37.6 Å². The van der Waals surface area contributed by atoms with E-state index in [1.807, 2.05) is 6.08 Å². The van der Waals surface area contributed by atoms with Crippen LogP contribution in [0.25, 0.3) is 0 Å². The molecule has 0 fully saturated rings. The second-order valence-corrected chi connectivity index (χ2v) is 14.6. The van der Waals surface area contributed by atoms with Crippen molar-refractivity contribution in [3.8, 4) is 0 Å². The van der Waals surface area contributed by atoms with Crippen LogP contribution in [0, 0.1) is 0 Å². The van der Waals surface area contributed by atoms with Crippen LogP contribution in [0.2, 0.25) is 0 Å². The highest BCUT2D eigenvalue weighted by Crippen LogP contribution is 2.43. The highest BCUT2D eigenvalue weighted by Gasteiger charge is 2.25. The van der Waals surface area contributed by atoms with Crippen LogP contribution < -0.4 is 5.73 Å². The van der Waals surface area contributed by atoms with Crippen molar-refractivity contribution in [3.63, 3.8) is 0 Å². The van der Waals surface area contributed by atoms with Crippen molar-refractivity contribution >= 4 is 19.8 Å². The van der Waals surface area contributed by atoms with Gasteiger partial charge in [-0.3, -0.25) is 18.6 Å². The van der Waals surface area contributed by atoms with E-state index in [1.165, 1.54) is 51.4 Å². The minimum Gasteiger partial charge on any atom is -0.462 e. The van der Waals surface area contributed by atoms with Gasteiger partial charge >= 0.3 is 19.8 Å². The van der Waals surface area contributed by atoms with Crippen molar-refractivity contribution in [3.05, 3.63) is 72.9 Å². The fraction of sp³-hybridized carbons (Fsp3) is 0.674. The van der Waals surface area contributed by atoms with Crippen molar-refractivity contribution in [1.29, 1.82) is 0 Å². The number of phosphoric acid groups is 1. The van der Waals surface area contributed by atoms with Crippen LogP contribution in [-0.2, 0) is 32.7 Å². The Hall–Kier alpha value is -2.55. The summed E-state index contributed by atoms with van der Waals surface area (Å²) in [5.41, 5.74) is 5.33. The summed E-state index contributed by atoms with van der Waals surface area (Å²) in [7, 11) is -4.39. The molecule has 0 aliphatic carbocycles. The average Bonchev–Trinajstić information content (AvgIpc) is 3.14. The molecule has 9 nitrogen and oxygen atoms in total. The average molecular weight is 764 g/mol. The second kappa shape index (κ2) is 39.2. The lowest BCUT2D eigenvalue weighted by molar-refractivity contribution is -0.161. The number of rotatable bonds is 37. The Labute approximate surface area is 322 Å². The molecule has 0 bridgehead atoms. The van der Waals surface area contributed by atoms with Gasteiger partial charge in [-0.05, 0) is 77.0 Å². The highest BCUT2D eigenvalue weighted by molar-refractivity contribution is 7.47. The fourth-order valence-electron chi connectivity index (χ4n) is 5.07. The number of esters is 2. The van der Waals surface area contributed by atoms with E-state index in [4.69, 9.17) is 24.3 Å². The van der Waals surface area contributed by atoms with E-state index in [0.717, 1.165) is 64.2 Å². The lowest BCUT2D eigenvalue weighted by Gasteiger charge is -2.19. The maximum absolute atomic E-state index is 12.5. The number of phosphoric ester groups is 1. The lowest BCUT2D eigenvalue weighted by Crippen LogP contribution is -2.29. The zero-order valence-electron chi connectivity index (χ0n) is 33.2. The molecule has 0 aromatic carbocycles. The number of nitrogens with two attached hydrogens (primary N) is 1. The first-order valence-corrected chi connectivity index (χ1v) is 21.9. The van der Waals surface area contributed by atoms with Gasteiger partial charge < -0.3 is 20.1 Å².